The molecule has 7 nitrogen and oxygen atoms in total. The van der Waals surface area contributed by atoms with Crippen molar-refractivity contribution in [3.8, 4) is 11.5 Å². The van der Waals surface area contributed by atoms with Crippen molar-refractivity contribution < 1.29 is 13.9 Å². The van der Waals surface area contributed by atoms with Crippen molar-refractivity contribution in [3.05, 3.63) is 77.7 Å². The highest BCUT2D eigenvalue weighted by atomic mass is 19.1. The van der Waals surface area contributed by atoms with Crippen molar-refractivity contribution in [2.45, 2.75) is 13.0 Å². The van der Waals surface area contributed by atoms with Gasteiger partial charge in [-0.15, -0.1) is 0 Å². The highest BCUT2D eigenvalue weighted by molar-refractivity contribution is 5.87. The summed E-state index contributed by atoms with van der Waals surface area (Å²) in [5.41, 5.74) is 2.65. The zero-order valence-corrected chi connectivity index (χ0v) is 17.9. The van der Waals surface area contributed by atoms with Gasteiger partial charge in [-0.25, -0.2) is 9.37 Å². The lowest BCUT2D eigenvalue weighted by atomic mass is 10.1. The van der Waals surface area contributed by atoms with E-state index in [9.17, 15) is 4.39 Å². The molecule has 2 heterocycles. The zero-order valence-electron chi connectivity index (χ0n) is 17.9. The van der Waals surface area contributed by atoms with E-state index in [2.05, 4.69) is 25.6 Å². The van der Waals surface area contributed by atoms with Gasteiger partial charge in [0.1, 0.15) is 11.6 Å². The second kappa shape index (κ2) is 9.91. The van der Waals surface area contributed by atoms with E-state index < -0.39 is 0 Å². The summed E-state index contributed by atoms with van der Waals surface area (Å²) in [5.74, 6) is 2.27. The molecule has 0 fully saturated rings. The summed E-state index contributed by atoms with van der Waals surface area (Å²) < 4.78 is 23.8. The molecular formula is C24H24FN5O2. The van der Waals surface area contributed by atoms with Crippen LogP contribution < -0.4 is 20.1 Å². The second-order valence-corrected chi connectivity index (χ2v) is 7.12. The number of hydrogen-bond acceptors (Lipinski definition) is 7. The van der Waals surface area contributed by atoms with Crippen molar-refractivity contribution in [1.82, 2.24) is 15.0 Å². The van der Waals surface area contributed by atoms with Crippen molar-refractivity contribution >= 4 is 22.8 Å². The molecule has 0 atom stereocenters. The van der Waals surface area contributed by atoms with Gasteiger partial charge in [-0.3, -0.25) is 0 Å². The molecule has 164 valence electrons. The fraction of sp³-hybridized carbons (Fsp3) is 0.208. The number of rotatable bonds is 9. The Balaban J connectivity index is 1.49. The number of ether oxygens (including phenoxy) is 2. The van der Waals surface area contributed by atoms with Crippen molar-refractivity contribution in [1.29, 1.82) is 0 Å². The fourth-order valence-corrected chi connectivity index (χ4v) is 3.32. The zero-order chi connectivity index (χ0) is 22.3. The normalized spacial score (nSPS) is 10.7. The van der Waals surface area contributed by atoms with Crippen LogP contribution in [0.1, 0.15) is 11.1 Å². The van der Waals surface area contributed by atoms with Gasteiger partial charge in [0.25, 0.3) is 0 Å². The number of anilines is 2. The predicted octanol–water partition coefficient (Wildman–Crippen LogP) is 4.45. The molecule has 0 amide bonds. The van der Waals surface area contributed by atoms with Crippen molar-refractivity contribution in [3.63, 3.8) is 0 Å². The van der Waals surface area contributed by atoms with Crippen LogP contribution in [-0.2, 0) is 13.0 Å². The molecule has 0 saturated carbocycles. The van der Waals surface area contributed by atoms with Gasteiger partial charge in [0.15, 0.2) is 17.1 Å². The summed E-state index contributed by atoms with van der Waals surface area (Å²) in [7, 11) is 3.23. The third-order valence-electron chi connectivity index (χ3n) is 4.99. The SMILES string of the molecule is COc1ccc(CNc2nc(NCCc3ccc(F)cc3)nc3ncccc23)cc1OC. The van der Waals surface area contributed by atoms with Crippen LogP contribution in [0.15, 0.2) is 60.8 Å². The third-order valence-corrected chi connectivity index (χ3v) is 4.99. The topological polar surface area (TPSA) is 81.2 Å². The maximum Gasteiger partial charge on any atom is 0.226 e. The molecule has 0 aliphatic carbocycles. The van der Waals surface area contributed by atoms with Crippen LogP contribution >= 0.6 is 0 Å². The van der Waals surface area contributed by atoms with Gasteiger partial charge in [0.2, 0.25) is 5.95 Å². The summed E-state index contributed by atoms with van der Waals surface area (Å²) >= 11 is 0. The molecule has 0 unspecified atom stereocenters. The van der Waals surface area contributed by atoms with Crippen LogP contribution in [0.2, 0.25) is 0 Å². The molecule has 4 aromatic rings. The third kappa shape index (κ3) is 5.03. The Kier molecular flexibility index (Phi) is 6.60. The Hall–Kier alpha value is -3.94. The first kappa shape index (κ1) is 21.3. The Labute approximate surface area is 185 Å². The number of nitrogens with one attached hydrogen (secondary N) is 2. The van der Waals surface area contributed by atoms with Crippen LogP contribution in [0, 0.1) is 5.82 Å². The van der Waals surface area contributed by atoms with Crippen LogP contribution in [0.5, 0.6) is 11.5 Å². The molecule has 32 heavy (non-hydrogen) atoms. The van der Waals surface area contributed by atoms with E-state index in [1.54, 1.807) is 32.5 Å². The number of benzene rings is 2. The second-order valence-electron chi connectivity index (χ2n) is 7.12. The lowest BCUT2D eigenvalue weighted by Gasteiger charge is -2.13. The number of methoxy groups -OCH3 is 2. The number of halogens is 1. The van der Waals surface area contributed by atoms with E-state index in [1.807, 2.05) is 30.3 Å². The highest BCUT2D eigenvalue weighted by Crippen LogP contribution is 2.28. The first-order valence-electron chi connectivity index (χ1n) is 10.2. The Bertz CT molecular complexity index is 1200. The summed E-state index contributed by atoms with van der Waals surface area (Å²) in [5, 5.41) is 7.45. The van der Waals surface area contributed by atoms with E-state index in [-0.39, 0.29) is 5.82 Å². The molecule has 0 spiro atoms. The van der Waals surface area contributed by atoms with Gasteiger partial charge in [0, 0.05) is 19.3 Å². The maximum absolute atomic E-state index is 13.1. The van der Waals surface area contributed by atoms with E-state index in [1.165, 1.54) is 12.1 Å². The lowest BCUT2D eigenvalue weighted by Crippen LogP contribution is -2.11. The van der Waals surface area contributed by atoms with Crippen molar-refractivity contribution in [2.75, 3.05) is 31.4 Å². The number of hydrogen-bond donors (Lipinski definition) is 2. The molecule has 0 bridgehead atoms. The lowest BCUT2D eigenvalue weighted by molar-refractivity contribution is 0.354. The fourth-order valence-electron chi connectivity index (χ4n) is 3.32. The predicted molar refractivity (Wildman–Crippen MR) is 123 cm³/mol. The Morgan fingerprint density at radius 3 is 2.44 bits per heavy atom. The molecule has 8 heteroatoms. The first-order valence-corrected chi connectivity index (χ1v) is 10.2. The molecule has 0 saturated heterocycles. The smallest absolute Gasteiger partial charge is 0.226 e. The summed E-state index contributed by atoms with van der Waals surface area (Å²) in [6.45, 7) is 1.15. The van der Waals surface area contributed by atoms with E-state index in [0.29, 0.717) is 42.0 Å². The van der Waals surface area contributed by atoms with E-state index in [0.717, 1.165) is 22.9 Å². The average Bonchev–Trinajstić information content (AvgIpc) is 2.83. The molecule has 2 N–H and O–H groups in total. The largest absolute Gasteiger partial charge is 0.493 e. The van der Waals surface area contributed by atoms with E-state index >= 15 is 0 Å². The van der Waals surface area contributed by atoms with Gasteiger partial charge >= 0.3 is 0 Å². The first-order chi connectivity index (χ1) is 15.7. The van der Waals surface area contributed by atoms with Crippen LogP contribution in [-0.4, -0.2) is 35.7 Å². The molecule has 0 aliphatic rings. The molecule has 0 radical (unpaired) electrons. The van der Waals surface area contributed by atoms with Crippen LogP contribution in [0.25, 0.3) is 11.0 Å². The van der Waals surface area contributed by atoms with Gasteiger partial charge in [-0.1, -0.05) is 18.2 Å². The minimum Gasteiger partial charge on any atom is -0.493 e. The highest BCUT2D eigenvalue weighted by Gasteiger charge is 2.10. The van der Waals surface area contributed by atoms with Crippen molar-refractivity contribution in [2.24, 2.45) is 0 Å². The number of aromatic nitrogens is 3. The van der Waals surface area contributed by atoms with Gasteiger partial charge < -0.3 is 20.1 Å². The average molecular weight is 433 g/mol. The number of nitrogens with zero attached hydrogens (tertiary/aromatic N) is 3. The number of fused-ring (bicyclic) bond motifs is 1. The van der Waals surface area contributed by atoms with Gasteiger partial charge in [-0.2, -0.15) is 9.97 Å². The van der Waals surface area contributed by atoms with E-state index in [4.69, 9.17) is 9.47 Å². The minimum atomic E-state index is -0.240. The standard InChI is InChI=1S/C24H24FN5O2/c1-31-20-10-7-17(14-21(20)32-2)15-28-23-19-4-3-12-26-22(19)29-24(30-23)27-13-11-16-5-8-18(25)9-6-16/h3-10,12,14H,11,13,15H2,1-2H3,(H2,26,27,28,29,30). The molecular weight excluding hydrogens is 409 g/mol. The van der Waals surface area contributed by atoms with Gasteiger partial charge in [0.05, 0.1) is 19.6 Å². The monoisotopic (exact) mass is 433 g/mol. The molecule has 2 aromatic heterocycles. The molecule has 2 aromatic carbocycles. The van der Waals surface area contributed by atoms with Crippen LogP contribution in [0.4, 0.5) is 16.2 Å². The quantitative estimate of drug-likeness (QED) is 0.404. The molecule has 4 rings (SSSR count). The summed E-state index contributed by atoms with van der Waals surface area (Å²) in [6, 6.07) is 16.0. The summed E-state index contributed by atoms with van der Waals surface area (Å²) in [4.78, 5) is 13.5. The molecule has 0 aliphatic heterocycles. The summed E-state index contributed by atoms with van der Waals surface area (Å²) in [6.07, 6.45) is 2.42. The minimum absolute atomic E-state index is 0.240. The number of pyridine rings is 1. The Morgan fingerprint density at radius 1 is 0.875 bits per heavy atom. The van der Waals surface area contributed by atoms with Crippen LogP contribution in [0.3, 0.4) is 0 Å². The maximum atomic E-state index is 13.1. The Morgan fingerprint density at radius 2 is 1.66 bits per heavy atom. The van der Waals surface area contributed by atoms with Gasteiger partial charge in [-0.05, 0) is 53.9 Å².